The maximum Gasteiger partial charge on any atom is 0.414 e. The van der Waals surface area contributed by atoms with Crippen molar-refractivity contribution in [3.8, 4) is 0 Å². The Bertz CT molecular complexity index is 428. The van der Waals surface area contributed by atoms with Crippen LogP contribution in [0.5, 0.6) is 0 Å². The SMILES string of the molecule is Cc1cc(COC(C)C(F)(F)F)oc1C(=O)NN. The molecule has 1 rings (SSSR count). The van der Waals surface area contributed by atoms with E-state index in [1.54, 1.807) is 6.92 Å². The van der Waals surface area contributed by atoms with Crippen molar-refractivity contribution in [2.24, 2.45) is 5.84 Å². The molecular weight excluding hydrogens is 253 g/mol. The maximum absolute atomic E-state index is 12.2. The fraction of sp³-hybridized carbons (Fsp3) is 0.500. The zero-order chi connectivity index (χ0) is 13.9. The summed E-state index contributed by atoms with van der Waals surface area (Å²) in [6.07, 6.45) is -6.34. The third-order valence-corrected chi connectivity index (χ3v) is 2.24. The first-order chi connectivity index (χ1) is 8.25. The average molecular weight is 266 g/mol. The highest BCUT2D eigenvalue weighted by atomic mass is 19.4. The summed E-state index contributed by atoms with van der Waals surface area (Å²) in [7, 11) is 0. The number of nitrogens with one attached hydrogen (secondary N) is 1. The number of nitrogens with two attached hydrogens (primary N) is 1. The maximum atomic E-state index is 12.2. The summed E-state index contributed by atoms with van der Waals surface area (Å²) < 4.78 is 46.2. The first kappa shape index (κ1) is 14.5. The molecule has 5 nitrogen and oxygen atoms in total. The average Bonchev–Trinajstić information content (AvgIpc) is 2.65. The second kappa shape index (κ2) is 5.40. The van der Waals surface area contributed by atoms with Crippen LogP contribution in [-0.2, 0) is 11.3 Å². The largest absolute Gasteiger partial charge is 0.453 e. The number of amides is 1. The number of carbonyl (C=O) groups excluding carboxylic acids is 1. The van der Waals surface area contributed by atoms with Crippen molar-refractivity contribution in [3.63, 3.8) is 0 Å². The van der Waals surface area contributed by atoms with Crippen molar-refractivity contribution in [1.82, 2.24) is 5.43 Å². The van der Waals surface area contributed by atoms with Crippen LogP contribution in [0, 0.1) is 6.92 Å². The van der Waals surface area contributed by atoms with Gasteiger partial charge in [-0.2, -0.15) is 13.2 Å². The van der Waals surface area contributed by atoms with Gasteiger partial charge in [0.15, 0.2) is 11.9 Å². The minimum atomic E-state index is -4.43. The molecule has 3 N–H and O–H groups in total. The van der Waals surface area contributed by atoms with Gasteiger partial charge >= 0.3 is 12.1 Å². The number of hydrogen-bond acceptors (Lipinski definition) is 4. The van der Waals surface area contributed by atoms with Gasteiger partial charge in [0.1, 0.15) is 12.4 Å². The van der Waals surface area contributed by atoms with Gasteiger partial charge in [0.25, 0.3) is 0 Å². The summed E-state index contributed by atoms with van der Waals surface area (Å²) >= 11 is 0. The lowest BCUT2D eigenvalue weighted by Gasteiger charge is -2.15. The zero-order valence-corrected chi connectivity index (χ0v) is 9.80. The molecule has 1 aromatic heterocycles. The van der Waals surface area contributed by atoms with Gasteiger partial charge in [0.2, 0.25) is 0 Å². The van der Waals surface area contributed by atoms with Crippen LogP contribution >= 0.6 is 0 Å². The number of hydrogen-bond donors (Lipinski definition) is 2. The van der Waals surface area contributed by atoms with E-state index >= 15 is 0 Å². The molecule has 1 unspecified atom stereocenters. The number of halogens is 3. The van der Waals surface area contributed by atoms with Gasteiger partial charge < -0.3 is 9.15 Å². The zero-order valence-electron chi connectivity index (χ0n) is 9.80. The summed E-state index contributed by atoms with van der Waals surface area (Å²) in [5, 5.41) is 0. The molecule has 0 bridgehead atoms. The third-order valence-electron chi connectivity index (χ3n) is 2.24. The Hall–Kier alpha value is -1.54. The van der Waals surface area contributed by atoms with Crippen LogP contribution in [0.4, 0.5) is 13.2 Å². The molecule has 1 atom stereocenters. The topological polar surface area (TPSA) is 77.5 Å². The first-order valence-electron chi connectivity index (χ1n) is 5.04. The second-order valence-corrected chi connectivity index (χ2v) is 3.69. The van der Waals surface area contributed by atoms with Gasteiger partial charge in [-0.15, -0.1) is 0 Å². The minimum Gasteiger partial charge on any atom is -0.453 e. The smallest absolute Gasteiger partial charge is 0.414 e. The lowest BCUT2D eigenvalue weighted by atomic mass is 10.2. The van der Waals surface area contributed by atoms with E-state index in [4.69, 9.17) is 10.3 Å². The molecule has 0 aliphatic heterocycles. The number of hydrazine groups is 1. The van der Waals surface area contributed by atoms with Crippen LogP contribution in [0.25, 0.3) is 0 Å². The molecule has 0 saturated heterocycles. The van der Waals surface area contributed by atoms with E-state index in [1.807, 2.05) is 5.43 Å². The van der Waals surface area contributed by atoms with E-state index < -0.39 is 18.2 Å². The summed E-state index contributed by atoms with van der Waals surface area (Å²) in [5.74, 6) is 4.35. The summed E-state index contributed by atoms with van der Waals surface area (Å²) in [4.78, 5) is 11.2. The Labute approximate surface area is 101 Å². The minimum absolute atomic E-state index is 0.0456. The molecule has 8 heteroatoms. The number of rotatable bonds is 4. The molecule has 0 saturated carbocycles. The van der Waals surface area contributed by atoms with E-state index in [-0.39, 0.29) is 18.1 Å². The van der Waals surface area contributed by atoms with Crippen molar-refractivity contribution in [3.05, 3.63) is 23.2 Å². The summed E-state index contributed by atoms with van der Waals surface area (Å²) in [6, 6.07) is 1.42. The third kappa shape index (κ3) is 3.47. The molecule has 18 heavy (non-hydrogen) atoms. The van der Waals surface area contributed by atoms with E-state index in [9.17, 15) is 18.0 Å². The Balaban J connectivity index is 2.67. The van der Waals surface area contributed by atoms with Gasteiger partial charge in [-0.3, -0.25) is 10.2 Å². The number of ether oxygens (including phenoxy) is 1. The normalized spacial score (nSPS) is 13.4. The lowest BCUT2D eigenvalue weighted by molar-refractivity contribution is -0.218. The van der Waals surface area contributed by atoms with E-state index in [1.165, 1.54) is 6.07 Å². The van der Waals surface area contributed by atoms with Crippen LogP contribution in [-0.4, -0.2) is 18.2 Å². The highest BCUT2D eigenvalue weighted by molar-refractivity contribution is 5.92. The Morgan fingerprint density at radius 3 is 2.72 bits per heavy atom. The molecule has 1 aromatic rings. The number of aryl methyl sites for hydroxylation is 1. The summed E-state index contributed by atoms with van der Waals surface area (Å²) in [5.41, 5.74) is 2.34. The van der Waals surface area contributed by atoms with Gasteiger partial charge in [0.05, 0.1) is 0 Å². The molecule has 1 amide bonds. The first-order valence-corrected chi connectivity index (χ1v) is 5.04. The molecule has 0 spiro atoms. The number of furan rings is 1. The Morgan fingerprint density at radius 1 is 1.61 bits per heavy atom. The molecule has 0 fully saturated rings. The van der Waals surface area contributed by atoms with Gasteiger partial charge in [0, 0.05) is 5.56 Å². The van der Waals surface area contributed by atoms with E-state index in [0.29, 0.717) is 5.56 Å². The predicted molar refractivity (Wildman–Crippen MR) is 55.4 cm³/mol. The summed E-state index contributed by atoms with van der Waals surface area (Å²) in [6.45, 7) is 2.09. The van der Waals surface area contributed by atoms with Crippen molar-refractivity contribution in [2.45, 2.75) is 32.7 Å². The van der Waals surface area contributed by atoms with Gasteiger partial charge in [-0.25, -0.2) is 5.84 Å². The van der Waals surface area contributed by atoms with E-state index in [0.717, 1.165) is 6.92 Å². The Kier molecular flexibility index (Phi) is 4.36. The van der Waals surface area contributed by atoms with Crippen molar-refractivity contribution >= 4 is 5.91 Å². The number of nitrogen functional groups attached to an aromatic ring is 1. The molecule has 0 aliphatic rings. The predicted octanol–water partition coefficient (Wildman–Crippen LogP) is 1.66. The Morgan fingerprint density at radius 2 is 2.22 bits per heavy atom. The lowest BCUT2D eigenvalue weighted by Crippen LogP contribution is -2.30. The fourth-order valence-electron chi connectivity index (χ4n) is 1.21. The molecular formula is C10H13F3N2O3. The molecule has 1 heterocycles. The van der Waals surface area contributed by atoms with Crippen LogP contribution < -0.4 is 11.3 Å². The molecule has 102 valence electrons. The van der Waals surface area contributed by atoms with Crippen molar-refractivity contribution in [1.29, 1.82) is 0 Å². The van der Waals surface area contributed by atoms with Crippen LogP contribution in [0.15, 0.2) is 10.5 Å². The molecule has 0 aromatic carbocycles. The van der Waals surface area contributed by atoms with E-state index in [2.05, 4.69) is 4.74 Å². The number of carbonyl (C=O) groups is 1. The second-order valence-electron chi connectivity index (χ2n) is 3.69. The quantitative estimate of drug-likeness (QED) is 0.493. The van der Waals surface area contributed by atoms with Crippen molar-refractivity contribution < 1.29 is 27.1 Å². The highest BCUT2D eigenvalue weighted by Gasteiger charge is 2.37. The van der Waals surface area contributed by atoms with Crippen LogP contribution in [0.1, 0.15) is 28.8 Å². The van der Waals surface area contributed by atoms with Gasteiger partial charge in [-0.1, -0.05) is 0 Å². The van der Waals surface area contributed by atoms with Crippen LogP contribution in [0.3, 0.4) is 0 Å². The molecule has 0 aliphatic carbocycles. The monoisotopic (exact) mass is 266 g/mol. The van der Waals surface area contributed by atoms with Crippen LogP contribution in [0.2, 0.25) is 0 Å². The fourth-order valence-corrected chi connectivity index (χ4v) is 1.21. The standard InChI is InChI=1S/C10H13F3N2O3/c1-5-3-7(18-8(5)9(16)15-14)4-17-6(2)10(11,12)13/h3,6H,4,14H2,1-2H3,(H,15,16). The molecule has 0 radical (unpaired) electrons. The van der Waals surface area contributed by atoms with Gasteiger partial charge in [-0.05, 0) is 19.9 Å². The number of alkyl halides is 3. The highest BCUT2D eigenvalue weighted by Crippen LogP contribution is 2.24. The van der Waals surface area contributed by atoms with Crippen molar-refractivity contribution in [2.75, 3.05) is 0 Å².